The minimum Gasteiger partial charge on any atom is -0.262 e. The first kappa shape index (κ1) is 17.8. The maximum absolute atomic E-state index is 12.7. The van der Waals surface area contributed by atoms with Crippen LogP contribution in [0.5, 0.6) is 0 Å². The molecule has 0 fully saturated rings. The third kappa shape index (κ3) is 4.07. The van der Waals surface area contributed by atoms with Gasteiger partial charge in [-0.3, -0.25) is 4.72 Å². The molecule has 2 aromatic rings. The predicted molar refractivity (Wildman–Crippen MR) is 81.2 cm³/mol. The monoisotopic (exact) mass is 384 g/mol. The minimum absolute atomic E-state index is 0.0861. The Morgan fingerprint density at radius 1 is 1.13 bits per heavy atom. The first-order valence-corrected chi connectivity index (χ1v) is 8.27. The Balaban J connectivity index is 2.40. The molecule has 10 heteroatoms. The fraction of sp³-hybridized carbons (Fsp3) is 0.154. The topological polar surface area (TPSA) is 59.1 Å². The van der Waals surface area contributed by atoms with Gasteiger partial charge in [0.05, 0.1) is 15.5 Å². The van der Waals surface area contributed by atoms with Gasteiger partial charge in [-0.25, -0.2) is 13.4 Å². The number of nitrogens with zero attached hydrogens (tertiary/aromatic N) is 1. The van der Waals surface area contributed by atoms with Crippen LogP contribution < -0.4 is 4.72 Å². The van der Waals surface area contributed by atoms with Gasteiger partial charge in [0.2, 0.25) is 0 Å². The van der Waals surface area contributed by atoms with Gasteiger partial charge >= 0.3 is 6.18 Å². The first-order chi connectivity index (χ1) is 10.5. The molecular formula is C13H9Cl2F3N2O2S. The van der Waals surface area contributed by atoms with Crippen LogP contribution in [0.4, 0.5) is 19.0 Å². The Labute approximate surface area is 140 Å². The lowest BCUT2D eigenvalue weighted by molar-refractivity contribution is -0.137. The molecule has 0 unspecified atom stereocenters. The third-order valence-electron chi connectivity index (χ3n) is 2.80. The number of aryl methyl sites for hydroxylation is 1. The molecule has 2 rings (SSSR count). The molecule has 0 spiro atoms. The van der Waals surface area contributed by atoms with Crippen LogP contribution in [-0.4, -0.2) is 13.4 Å². The number of nitrogens with one attached hydrogen (secondary N) is 1. The van der Waals surface area contributed by atoms with Crippen LogP contribution >= 0.6 is 23.2 Å². The highest BCUT2D eigenvalue weighted by Gasteiger charge is 2.35. The van der Waals surface area contributed by atoms with E-state index in [1.165, 1.54) is 12.1 Å². The number of pyridine rings is 1. The maximum atomic E-state index is 12.7. The van der Waals surface area contributed by atoms with E-state index in [2.05, 4.69) is 4.98 Å². The second-order valence-electron chi connectivity index (χ2n) is 4.57. The lowest BCUT2D eigenvalue weighted by Crippen LogP contribution is -2.15. The molecule has 0 saturated heterocycles. The summed E-state index contributed by atoms with van der Waals surface area (Å²) < 4.78 is 64.4. The largest absolute Gasteiger partial charge is 0.419 e. The van der Waals surface area contributed by atoms with E-state index in [0.717, 1.165) is 5.56 Å². The Morgan fingerprint density at radius 2 is 1.70 bits per heavy atom. The average Bonchev–Trinajstić information content (AvgIpc) is 2.41. The summed E-state index contributed by atoms with van der Waals surface area (Å²) >= 11 is 11.1. The predicted octanol–water partition coefficient (Wildman–Crippen LogP) is 4.52. The number of hydrogen-bond acceptors (Lipinski definition) is 3. The molecule has 124 valence electrons. The fourth-order valence-corrected chi connectivity index (χ4v) is 3.16. The molecule has 1 N–H and O–H groups in total. The first-order valence-electron chi connectivity index (χ1n) is 6.03. The van der Waals surface area contributed by atoms with E-state index < -0.39 is 37.8 Å². The molecule has 23 heavy (non-hydrogen) atoms. The van der Waals surface area contributed by atoms with E-state index >= 15 is 0 Å². The summed E-state index contributed by atoms with van der Waals surface area (Å²) in [4.78, 5) is 3.30. The number of anilines is 1. The highest BCUT2D eigenvalue weighted by Crippen LogP contribution is 2.37. The Hall–Kier alpha value is -1.51. The zero-order valence-corrected chi connectivity index (χ0v) is 13.8. The average molecular weight is 385 g/mol. The van der Waals surface area contributed by atoms with Gasteiger partial charge < -0.3 is 0 Å². The second kappa shape index (κ2) is 6.18. The number of aromatic nitrogens is 1. The smallest absolute Gasteiger partial charge is 0.262 e. The van der Waals surface area contributed by atoms with Gasteiger partial charge in [0.25, 0.3) is 10.0 Å². The van der Waals surface area contributed by atoms with Crippen molar-refractivity contribution in [2.24, 2.45) is 0 Å². The van der Waals surface area contributed by atoms with E-state index in [1.54, 1.807) is 19.1 Å². The van der Waals surface area contributed by atoms with Crippen molar-refractivity contribution < 1.29 is 21.6 Å². The molecule has 0 bridgehead atoms. The van der Waals surface area contributed by atoms with Crippen molar-refractivity contribution in [1.82, 2.24) is 4.98 Å². The molecule has 1 aromatic carbocycles. The number of halogens is 5. The highest BCUT2D eigenvalue weighted by atomic mass is 35.5. The van der Waals surface area contributed by atoms with E-state index in [4.69, 9.17) is 23.2 Å². The normalized spacial score (nSPS) is 12.3. The fourth-order valence-electron chi connectivity index (χ4n) is 1.64. The molecule has 0 aliphatic heterocycles. The molecule has 0 aliphatic rings. The zero-order valence-electron chi connectivity index (χ0n) is 11.4. The lowest BCUT2D eigenvalue weighted by Gasteiger charge is -2.13. The molecule has 0 amide bonds. The van der Waals surface area contributed by atoms with Gasteiger partial charge in [-0.05, 0) is 25.1 Å². The van der Waals surface area contributed by atoms with Crippen molar-refractivity contribution in [1.29, 1.82) is 0 Å². The minimum atomic E-state index is -4.75. The van der Waals surface area contributed by atoms with E-state index in [9.17, 15) is 21.6 Å². The maximum Gasteiger partial charge on any atom is 0.419 e. The van der Waals surface area contributed by atoms with Crippen molar-refractivity contribution >= 4 is 39.0 Å². The Bertz CT molecular complexity index is 838. The van der Waals surface area contributed by atoms with E-state index in [-0.39, 0.29) is 4.90 Å². The zero-order chi connectivity index (χ0) is 17.4. The summed E-state index contributed by atoms with van der Waals surface area (Å²) in [5.74, 6) is -0.481. The molecule has 0 aliphatic carbocycles. The van der Waals surface area contributed by atoms with Gasteiger partial charge in [0.1, 0.15) is 5.15 Å². The van der Waals surface area contributed by atoms with Crippen molar-refractivity contribution in [2.45, 2.75) is 18.0 Å². The quantitative estimate of drug-likeness (QED) is 0.791. The van der Waals surface area contributed by atoms with E-state index in [0.29, 0.717) is 6.07 Å². The van der Waals surface area contributed by atoms with Crippen molar-refractivity contribution in [2.75, 3.05) is 4.72 Å². The van der Waals surface area contributed by atoms with Crippen LogP contribution in [0, 0.1) is 6.92 Å². The lowest BCUT2D eigenvalue weighted by atomic mass is 10.2. The molecule has 4 nitrogen and oxygen atoms in total. The van der Waals surface area contributed by atoms with E-state index in [1.807, 2.05) is 4.72 Å². The number of rotatable bonds is 3. The second-order valence-corrected chi connectivity index (χ2v) is 7.02. The van der Waals surface area contributed by atoms with Crippen LogP contribution in [0.25, 0.3) is 0 Å². The van der Waals surface area contributed by atoms with Crippen LogP contribution in [0.3, 0.4) is 0 Å². The molecule has 1 aromatic heterocycles. The number of benzene rings is 1. The summed E-state index contributed by atoms with van der Waals surface area (Å²) in [7, 11) is -4.05. The standard InChI is InChI=1S/C13H9Cl2F3N2O2S/c1-7-2-4-8(5-3-7)23(21,22)20-12-10(14)6-9(11(15)19-12)13(16,17)18/h2-6H,1H3,(H,19,20). The molecular weight excluding hydrogens is 376 g/mol. The number of alkyl halides is 3. The van der Waals surface area contributed by atoms with Crippen LogP contribution in [0.2, 0.25) is 10.2 Å². The number of hydrogen-bond donors (Lipinski definition) is 1. The van der Waals surface area contributed by atoms with Gasteiger partial charge in [0.15, 0.2) is 5.82 Å². The van der Waals surface area contributed by atoms with Crippen molar-refractivity contribution in [3.05, 3.63) is 51.6 Å². The highest BCUT2D eigenvalue weighted by molar-refractivity contribution is 7.92. The van der Waals surface area contributed by atoms with Gasteiger partial charge in [-0.1, -0.05) is 40.9 Å². The van der Waals surface area contributed by atoms with Crippen LogP contribution in [-0.2, 0) is 16.2 Å². The molecule has 0 atom stereocenters. The van der Waals surface area contributed by atoms with Gasteiger partial charge in [-0.15, -0.1) is 0 Å². The summed E-state index contributed by atoms with van der Waals surface area (Å²) in [6.07, 6.45) is -4.75. The molecule has 1 heterocycles. The van der Waals surface area contributed by atoms with Crippen molar-refractivity contribution in [3.63, 3.8) is 0 Å². The van der Waals surface area contributed by atoms with Crippen LogP contribution in [0.1, 0.15) is 11.1 Å². The summed E-state index contributed by atoms with van der Waals surface area (Å²) in [6, 6.07) is 6.35. The SMILES string of the molecule is Cc1ccc(S(=O)(=O)Nc2nc(Cl)c(C(F)(F)F)cc2Cl)cc1. The number of sulfonamides is 1. The third-order valence-corrected chi connectivity index (χ3v) is 4.73. The van der Waals surface area contributed by atoms with Gasteiger partial charge in [-0.2, -0.15) is 13.2 Å². The summed E-state index contributed by atoms with van der Waals surface area (Å²) in [5.41, 5.74) is -0.403. The Kier molecular flexibility index (Phi) is 4.79. The molecule has 0 saturated carbocycles. The van der Waals surface area contributed by atoms with Gasteiger partial charge in [0, 0.05) is 0 Å². The van der Waals surface area contributed by atoms with Crippen molar-refractivity contribution in [3.8, 4) is 0 Å². The van der Waals surface area contributed by atoms with Crippen LogP contribution in [0.15, 0.2) is 35.2 Å². The summed E-state index contributed by atoms with van der Waals surface area (Å²) in [6.45, 7) is 1.78. The Morgan fingerprint density at radius 3 is 2.22 bits per heavy atom. The molecule has 0 radical (unpaired) electrons. The summed E-state index contributed by atoms with van der Waals surface area (Å²) in [5, 5.41) is -1.42.